The van der Waals surface area contributed by atoms with Gasteiger partial charge in [0.05, 0.1) is 15.5 Å². The number of fused-ring (bicyclic) bond motifs is 1. The summed E-state index contributed by atoms with van der Waals surface area (Å²) in [6.45, 7) is 0. The van der Waals surface area contributed by atoms with Crippen LogP contribution in [0.5, 0.6) is 0 Å². The van der Waals surface area contributed by atoms with Crippen LogP contribution in [0.4, 0.5) is 10.1 Å². The van der Waals surface area contributed by atoms with Gasteiger partial charge in [0.15, 0.2) is 9.84 Å². The van der Waals surface area contributed by atoms with Crippen LogP contribution < -0.4 is 5.32 Å². The predicted molar refractivity (Wildman–Crippen MR) is 89.3 cm³/mol. The molecular weight excluding hydrogens is 337 g/mol. The first-order valence-electron chi connectivity index (χ1n) is 6.64. The number of anilines is 1. The highest BCUT2D eigenvalue weighted by Crippen LogP contribution is 2.27. The van der Waals surface area contributed by atoms with Crippen molar-refractivity contribution in [2.75, 3.05) is 11.6 Å². The third-order valence-electron chi connectivity index (χ3n) is 3.26. The second-order valence-corrected chi connectivity index (χ2v) is 8.12. The highest BCUT2D eigenvalue weighted by Gasteiger charge is 2.15. The maximum atomic E-state index is 13.8. The number of nitrogens with one attached hydrogen (secondary N) is 1. The Labute approximate surface area is 136 Å². The summed E-state index contributed by atoms with van der Waals surface area (Å²) in [5.74, 6) is -1.16. The van der Waals surface area contributed by atoms with E-state index in [2.05, 4.69) is 5.32 Å². The molecule has 0 aliphatic carbocycles. The first kappa shape index (κ1) is 15.6. The predicted octanol–water partition coefficient (Wildman–Crippen LogP) is 3.70. The Bertz CT molecular complexity index is 976. The van der Waals surface area contributed by atoms with Crippen molar-refractivity contribution in [1.82, 2.24) is 0 Å². The molecule has 118 valence electrons. The van der Waals surface area contributed by atoms with Crippen molar-refractivity contribution in [3.8, 4) is 0 Å². The highest BCUT2D eigenvalue weighted by atomic mass is 32.2. The Kier molecular flexibility index (Phi) is 3.91. The molecule has 3 rings (SSSR count). The molecule has 0 atom stereocenters. The molecule has 0 bridgehead atoms. The fraction of sp³-hybridized carbons (Fsp3) is 0.0625. The quantitative estimate of drug-likeness (QED) is 0.734. The highest BCUT2D eigenvalue weighted by molar-refractivity contribution is 7.90. The lowest BCUT2D eigenvalue weighted by Gasteiger charge is -2.07. The lowest BCUT2D eigenvalue weighted by Crippen LogP contribution is -2.12. The average molecular weight is 349 g/mol. The number of carbonyl (C=O) groups excluding carboxylic acids is 1. The van der Waals surface area contributed by atoms with Gasteiger partial charge < -0.3 is 5.32 Å². The normalized spacial score (nSPS) is 11.6. The van der Waals surface area contributed by atoms with Crippen molar-refractivity contribution < 1.29 is 17.6 Å². The molecule has 1 N–H and O–H groups in total. The monoisotopic (exact) mass is 349 g/mol. The first-order chi connectivity index (χ1) is 10.8. The van der Waals surface area contributed by atoms with E-state index < -0.39 is 21.6 Å². The van der Waals surface area contributed by atoms with Gasteiger partial charge in [-0.1, -0.05) is 18.2 Å². The van der Waals surface area contributed by atoms with E-state index in [0.717, 1.165) is 28.5 Å². The second kappa shape index (κ2) is 5.75. The van der Waals surface area contributed by atoms with Crippen molar-refractivity contribution in [3.05, 3.63) is 59.2 Å². The summed E-state index contributed by atoms with van der Waals surface area (Å²) in [7, 11) is -3.48. The zero-order valence-electron chi connectivity index (χ0n) is 12.0. The Balaban J connectivity index is 1.93. The third kappa shape index (κ3) is 3.25. The van der Waals surface area contributed by atoms with Crippen LogP contribution in [0.25, 0.3) is 10.1 Å². The van der Waals surface area contributed by atoms with Gasteiger partial charge in [-0.3, -0.25) is 4.79 Å². The molecule has 7 heteroatoms. The smallest absolute Gasteiger partial charge is 0.265 e. The number of hydrogen-bond donors (Lipinski definition) is 1. The van der Waals surface area contributed by atoms with Gasteiger partial charge in [-0.2, -0.15) is 0 Å². The van der Waals surface area contributed by atoms with Gasteiger partial charge >= 0.3 is 0 Å². The van der Waals surface area contributed by atoms with Gasteiger partial charge in [0.25, 0.3) is 5.91 Å². The van der Waals surface area contributed by atoms with Crippen LogP contribution in [0.3, 0.4) is 0 Å². The van der Waals surface area contributed by atoms with E-state index >= 15 is 0 Å². The minimum Gasteiger partial charge on any atom is -0.319 e. The lowest BCUT2D eigenvalue weighted by atomic mass is 10.2. The van der Waals surface area contributed by atoms with Crippen molar-refractivity contribution in [3.63, 3.8) is 0 Å². The summed E-state index contributed by atoms with van der Waals surface area (Å²) in [6, 6.07) is 12.5. The van der Waals surface area contributed by atoms with Crippen LogP contribution in [0.2, 0.25) is 0 Å². The molecule has 3 aromatic rings. The van der Waals surface area contributed by atoms with Crippen molar-refractivity contribution in [2.45, 2.75) is 4.90 Å². The van der Waals surface area contributed by atoms with Gasteiger partial charge in [-0.25, -0.2) is 12.8 Å². The van der Waals surface area contributed by atoms with Crippen LogP contribution in [-0.4, -0.2) is 20.6 Å². The van der Waals surface area contributed by atoms with Crippen LogP contribution in [0, 0.1) is 5.82 Å². The molecule has 0 unspecified atom stereocenters. The zero-order chi connectivity index (χ0) is 16.6. The molecule has 1 heterocycles. The average Bonchev–Trinajstić information content (AvgIpc) is 2.92. The molecule has 0 spiro atoms. The maximum Gasteiger partial charge on any atom is 0.265 e. The molecule has 1 aromatic heterocycles. The van der Waals surface area contributed by atoms with E-state index in [9.17, 15) is 17.6 Å². The summed E-state index contributed by atoms with van der Waals surface area (Å²) in [4.78, 5) is 12.7. The summed E-state index contributed by atoms with van der Waals surface area (Å²) in [6.07, 6.45) is 1.03. The Morgan fingerprint density at radius 1 is 1.13 bits per heavy atom. The number of benzene rings is 2. The minimum atomic E-state index is -3.48. The van der Waals surface area contributed by atoms with Crippen molar-refractivity contribution in [2.24, 2.45) is 0 Å². The Morgan fingerprint density at radius 2 is 1.87 bits per heavy atom. The third-order valence-corrected chi connectivity index (χ3v) is 5.49. The molecule has 23 heavy (non-hydrogen) atoms. The van der Waals surface area contributed by atoms with E-state index in [1.807, 2.05) is 24.3 Å². The molecule has 0 aliphatic heterocycles. The molecule has 0 radical (unpaired) electrons. The molecule has 4 nitrogen and oxygen atoms in total. The van der Waals surface area contributed by atoms with Gasteiger partial charge in [-0.15, -0.1) is 11.3 Å². The molecule has 0 saturated heterocycles. The zero-order valence-corrected chi connectivity index (χ0v) is 13.7. The summed E-state index contributed by atoms with van der Waals surface area (Å²) < 4.78 is 37.9. The van der Waals surface area contributed by atoms with E-state index in [-0.39, 0.29) is 10.6 Å². The largest absolute Gasteiger partial charge is 0.319 e. The van der Waals surface area contributed by atoms with Gasteiger partial charge in [0.2, 0.25) is 0 Å². The summed E-state index contributed by atoms with van der Waals surface area (Å²) in [5, 5.41) is 3.36. The number of sulfone groups is 1. The van der Waals surface area contributed by atoms with E-state index in [1.54, 1.807) is 6.07 Å². The number of thiophene rings is 1. The number of carbonyl (C=O) groups is 1. The lowest BCUT2D eigenvalue weighted by molar-refractivity contribution is 0.103. The second-order valence-electron chi connectivity index (χ2n) is 5.02. The van der Waals surface area contributed by atoms with E-state index in [0.29, 0.717) is 4.88 Å². The number of amides is 1. The molecule has 0 saturated carbocycles. The van der Waals surface area contributed by atoms with Crippen LogP contribution >= 0.6 is 11.3 Å². The fourth-order valence-corrected chi connectivity index (χ4v) is 3.71. The number of rotatable bonds is 3. The van der Waals surface area contributed by atoms with Crippen LogP contribution in [-0.2, 0) is 9.84 Å². The fourth-order valence-electron chi connectivity index (χ4n) is 2.11. The van der Waals surface area contributed by atoms with E-state index in [1.165, 1.54) is 17.4 Å². The Hall–Kier alpha value is -2.25. The summed E-state index contributed by atoms with van der Waals surface area (Å²) in [5.41, 5.74) is -0.157. The number of hydrogen-bond acceptors (Lipinski definition) is 4. The first-order valence-corrected chi connectivity index (χ1v) is 9.35. The van der Waals surface area contributed by atoms with Crippen LogP contribution in [0.15, 0.2) is 53.4 Å². The minimum absolute atomic E-state index is 0.0504. The maximum absolute atomic E-state index is 13.8. The van der Waals surface area contributed by atoms with Gasteiger partial charge in [0, 0.05) is 11.0 Å². The molecule has 0 fully saturated rings. The number of halogens is 1. The van der Waals surface area contributed by atoms with Gasteiger partial charge in [-0.05, 0) is 35.7 Å². The topological polar surface area (TPSA) is 63.2 Å². The van der Waals surface area contributed by atoms with E-state index in [4.69, 9.17) is 0 Å². The van der Waals surface area contributed by atoms with Crippen molar-refractivity contribution in [1.29, 1.82) is 0 Å². The SMILES string of the molecule is CS(=O)(=O)c1ccc(F)c(NC(=O)c2cc3ccccc3s2)c1. The summed E-state index contributed by atoms with van der Waals surface area (Å²) >= 11 is 1.29. The molecule has 0 aliphatic rings. The standard InChI is InChI=1S/C16H12FNO3S2/c1-23(20,21)11-6-7-12(17)13(9-11)18-16(19)15-8-10-4-2-3-5-14(10)22-15/h2-9H,1H3,(H,18,19). The molecule has 1 amide bonds. The van der Waals surface area contributed by atoms with Gasteiger partial charge in [0.1, 0.15) is 5.82 Å². The Morgan fingerprint density at radius 3 is 2.57 bits per heavy atom. The van der Waals surface area contributed by atoms with Crippen molar-refractivity contribution >= 4 is 42.9 Å². The molecule has 2 aromatic carbocycles. The van der Waals surface area contributed by atoms with Crippen LogP contribution in [0.1, 0.15) is 9.67 Å². The molecular formula is C16H12FNO3S2.